The lowest BCUT2D eigenvalue weighted by molar-refractivity contribution is 0.0644. The minimum Gasteiger partial charge on any atom is -0.330 e. The Morgan fingerprint density at radius 3 is 2.11 bits per heavy atom. The van der Waals surface area contributed by atoms with Crippen LogP contribution in [-0.4, -0.2) is 30.6 Å². The van der Waals surface area contributed by atoms with Gasteiger partial charge in [0.15, 0.2) is 0 Å². The minimum atomic E-state index is 0.800. The lowest BCUT2D eigenvalue weighted by Crippen LogP contribution is -2.44. The third-order valence-electron chi connectivity index (χ3n) is 6.42. The fraction of sp³-hybridized carbons (Fsp3) is 1.00. The number of nitrogens with two attached hydrogens (primary N) is 1. The number of hydrogen-bond acceptors (Lipinski definition) is 2. The molecule has 2 aliphatic carbocycles. The highest BCUT2D eigenvalue weighted by Gasteiger charge is 2.39. The molecule has 3 fully saturated rings. The van der Waals surface area contributed by atoms with Crippen LogP contribution in [0.4, 0.5) is 0 Å². The fourth-order valence-corrected chi connectivity index (χ4v) is 5.05. The van der Waals surface area contributed by atoms with Gasteiger partial charge in [0.1, 0.15) is 0 Å². The number of rotatable bonds is 3. The molecule has 2 N–H and O–H groups in total. The van der Waals surface area contributed by atoms with Crippen molar-refractivity contribution in [2.45, 2.75) is 76.7 Å². The summed E-state index contributed by atoms with van der Waals surface area (Å²) in [5.41, 5.74) is 6.49. The van der Waals surface area contributed by atoms with E-state index in [1.54, 1.807) is 0 Å². The molecule has 0 aromatic rings. The zero-order valence-electron chi connectivity index (χ0n) is 12.6. The first-order chi connectivity index (χ1) is 9.31. The van der Waals surface area contributed by atoms with E-state index in [9.17, 15) is 0 Å². The smallest absolute Gasteiger partial charge is 0.00956 e. The van der Waals surface area contributed by atoms with E-state index < -0.39 is 0 Å². The van der Waals surface area contributed by atoms with Crippen LogP contribution >= 0.6 is 0 Å². The first-order valence-electron chi connectivity index (χ1n) is 8.75. The zero-order chi connectivity index (χ0) is 13.1. The summed E-state index contributed by atoms with van der Waals surface area (Å²) in [6, 6.07) is 0.921. The molecule has 2 heteroatoms. The van der Waals surface area contributed by atoms with Crippen LogP contribution in [0.15, 0.2) is 0 Å². The van der Waals surface area contributed by atoms with Gasteiger partial charge < -0.3 is 10.6 Å². The minimum absolute atomic E-state index is 0.800. The fourth-order valence-electron chi connectivity index (χ4n) is 5.05. The summed E-state index contributed by atoms with van der Waals surface area (Å²) in [5, 5.41) is 0. The Morgan fingerprint density at radius 2 is 1.53 bits per heavy atom. The molecular weight excluding hydrogens is 232 g/mol. The molecule has 1 saturated heterocycles. The summed E-state index contributed by atoms with van der Waals surface area (Å²) in [7, 11) is 0. The van der Waals surface area contributed by atoms with E-state index in [4.69, 9.17) is 5.73 Å². The molecule has 0 amide bonds. The highest BCUT2D eigenvalue weighted by Crippen LogP contribution is 2.49. The van der Waals surface area contributed by atoms with Gasteiger partial charge in [0.2, 0.25) is 0 Å². The summed E-state index contributed by atoms with van der Waals surface area (Å²) >= 11 is 0. The van der Waals surface area contributed by atoms with Crippen molar-refractivity contribution in [3.63, 3.8) is 0 Å². The zero-order valence-corrected chi connectivity index (χ0v) is 12.6. The second kappa shape index (κ2) is 6.13. The molecule has 110 valence electrons. The lowest BCUT2D eigenvalue weighted by Gasteiger charge is -2.44. The first-order valence-corrected chi connectivity index (χ1v) is 8.75. The molecular formula is C17H32N2. The van der Waals surface area contributed by atoms with Gasteiger partial charge in [-0.05, 0) is 88.8 Å². The Kier molecular flexibility index (Phi) is 4.48. The van der Waals surface area contributed by atoms with Crippen molar-refractivity contribution in [3.8, 4) is 0 Å². The topological polar surface area (TPSA) is 29.3 Å². The standard InChI is InChI=1S/C17H32N2/c18-12-5-15-6-13-19(14-7-15)16-3-10-17(11-4-16)8-1-2-9-17/h15-16H,1-14,18H2. The molecule has 0 aromatic carbocycles. The number of hydrogen-bond donors (Lipinski definition) is 1. The predicted octanol–water partition coefficient (Wildman–Crippen LogP) is 3.55. The van der Waals surface area contributed by atoms with E-state index in [0.29, 0.717) is 0 Å². The van der Waals surface area contributed by atoms with Crippen molar-refractivity contribution < 1.29 is 0 Å². The van der Waals surface area contributed by atoms with E-state index in [0.717, 1.165) is 23.9 Å². The molecule has 1 spiro atoms. The maximum Gasteiger partial charge on any atom is 0.00956 e. The van der Waals surface area contributed by atoms with Crippen LogP contribution in [0.3, 0.4) is 0 Å². The Labute approximate surface area is 119 Å². The number of likely N-dealkylation sites (tertiary alicyclic amines) is 1. The van der Waals surface area contributed by atoms with Crippen LogP contribution in [0, 0.1) is 11.3 Å². The molecule has 0 atom stereocenters. The highest BCUT2D eigenvalue weighted by atomic mass is 15.2. The van der Waals surface area contributed by atoms with Gasteiger partial charge in [0.25, 0.3) is 0 Å². The Hall–Kier alpha value is -0.0800. The summed E-state index contributed by atoms with van der Waals surface area (Å²) in [5.74, 6) is 0.922. The highest BCUT2D eigenvalue weighted by molar-refractivity contribution is 4.92. The molecule has 0 unspecified atom stereocenters. The number of piperidine rings is 1. The van der Waals surface area contributed by atoms with Crippen LogP contribution in [0.5, 0.6) is 0 Å². The average Bonchev–Trinajstić information content (AvgIpc) is 2.90. The Bertz CT molecular complexity index is 265. The van der Waals surface area contributed by atoms with Gasteiger partial charge >= 0.3 is 0 Å². The van der Waals surface area contributed by atoms with E-state index in [-0.39, 0.29) is 0 Å². The van der Waals surface area contributed by atoms with Gasteiger partial charge in [-0.2, -0.15) is 0 Å². The molecule has 3 aliphatic rings. The third-order valence-corrected chi connectivity index (χ3v) is 6.42. The van der Waals surface area contributed by atoms with Crippen molar-refractivity contribution in [1.29, 1.82) is 0 Å². The summed E-state index contributed by atoms with van der Waals surface area (Å²) in [4.78, 5) is 2.81. The van der Waals surface area contributed by atoms with Crippen molar-refractivity contribution in [3.05, 3.63) is 0 Å². The van der Waals surface area contributed by atoms with Crippen LogP contribution in [-0.2, 0) is 0 Å². The molecule has 1 aliphatic heterocycles. The second-order valence-electron chi connectivity index (χ2n) is 7.49. The van der Waals surface area contributed by atoms with Crippen LogP contribution < -0.4 is 5.73 Å². The summed E-state index contributed by atoms with van der Waals surface area (Å²) < 4.78 is 0. The lowest BCUT2D eigenvalue weighted by atomic mass is 9.71. The molecule has 2 saturated carbocycles. The molecule has 1 heterocycles. The summed E-state index contributed by atoms with van der Waals surface area (Å²) in [6.07, 6.45) is 16.2. The van der Waals surface area contributed by atoms with E-state index >= 15 is 0 Å². The van der Waals surface area contributed by atoms with Gasteiger partial charge in [-0.15, -0.1) is 0 Å². The van der Waals surface area contributed by atoms with Gasteiger partial charge in [-0.3, -0.25) is 0 Å². The van der Waals surface area contributed by atoms with Crippen molar-refractivity contribution in [2.75, 3.05) is 19.6 Å². The maximum atomic E-state index is 5.69. The maximum absolute atomic E-state index is 5.69. The quantitative estimate of drug-likeness (QED) is 0.844. The Balaban J connectivity index is 1.44. The van der Waals surface area contributed by atoms with Gasteiger partial charge in [-0.1, -0.05) is 12.8 Å². The molecule has 2 nitrogen and oxygen atoms in total. The van der Waals surface area contributed by atoms with E-state index in [1.807, 2.05) is 0 Å². The van der Waals surface area contributed by atoms with Gasteiger partial charge in [0, 0.05) is 6.04 Å². The number of nitrogens with zero attached hydrogens (tertiary/aromatic N) is 1. The Morgan fingerprint density at radius 1 is 0.895 bits per heavy atom. The largest absolute Gasteiger partial charge is 0.330 e. The van der Waals surface area contributed by atoms with Gasteiger partial charge in [-0.25, -0.2) is 0 Å². The molecule has 19 heavy (non-hydrogen) atoms. The summed E-state index contributed by atoms with van der Waals surface area (Å²) in [6.45, 7) is 3.58. The SMILES string of the molecule is NCCC1CCN(C2CCC3(CCCC3)CC2)CC1. The third kappa shape index (κ3) is 3.16. The second-order valence-corrected chi connectivity index (χ2v) is 7.49. The normalized spacial score (nSPS) is 30.2. The molecule has 3 rings (SSSR count). The molecule has 0 bridgehead atoms. The molecule has 0 aromatic heterocycles. The van der Waals surface area contributed by atoms with Crippen molar-refractivity contribution in [2.24, 2.45) is 17.1 Å². The van der Waals surface area contributed by atoms with Crippen molar-refractivity contribution >= 4 is 0 Å². The van der Waals surface area contributed by atoms with Crippen molar-refractivity contribution in [1.82, 2.24) is 4.90 Å². The van der Waals surface area contributed by atoms with Gasteiger partial charge in [0.05, 0.1) is 0 Å². The van der Waals surface area contributed by atoms with E-state index in [2.05, 4.69) is 4.90 Å². The van der Waals surface area contributed by atoms with Crippen LogP contribution in [0.25, 0.3) is 0 Å². The van der Waals surface area contributed by atoms with Crippen LogP contribution in [0.2, 0.25) is 0 Å². The molecule has 0 radical (unpaired) electrons. The van der Waals surface area contributed by atoms with E-state index in [1.165, 1.54) is 83.7 Å². The first kappa shape index (κ1) is 13.9. The average molecular weight is 264 g/mol. The monoisotopic (exact) mass is 264 g/mol. The van der Waals surface area contributed by atoms with Crippen LogP contribution in [0.1, 0.15) is 70.6 Å². The predicted molar refractivity (Wildman–Crippen MR) is 81.1 cm³/mol.